The zero-order chi connectivity index (χ0) is 69.7. The summed E-state index contributed by atoms with van der Waals surface area (Å²) in [4.78, 5) is 36.0. The van der Waals surface area contributed by atoms with Crippen LogP contribution in [0.3, 0.4) is 0 Å². The first-order valence-corrected chi connectivity index (χ1v) is 42.5. The fourth-order valence-corrected chi connectivity index (χ4v) is 12.6. The highest BCUT2D eigenvalue weighted by atomic mass is 31.2. The van der Waals surface area contributed by atoms with Crippen LogP contribution < -0.4 is 0 Å². The van der Waals surface area contributed by atoms with E-state index in [9.17, 15) is 19.0 Å². The molecule has 0 spiro atoms. The van der Waals surface area contributed by atoms with Crippen molar-refractivity contribution in [3.63, 3.8) is 0 Å². The van der Waals surface area contributed by atoms with Gasteiger partial charge in [-0.2, -0.15) is 0 Å². The fourth-order valence-electron chi connectivity index (χ4n) is 11.9. The number of allylic oxidation sites excluding steroid dienone is 16. The van der Waals surface area contributed by atoms with Crippen LogP contribution in [-0.2, 0) is 32.7 Å². The number of likely N-dealkylation sites (N-methyl/N-ethyl adjacent to an activating group) is 1. The topological polar surface area (TPSA) is 108 Å². The van der Waals surface area contributed by atoms with E-state index >= 15 is 0 Å². The molecule has 9 nitrogen and oxygen atoms in total. The van der Waals surface area contributed by atoms with Gasteiger partial charge in [0.15, 0.2) is 6.10 Å². The van der Waals surface area contributed by atoms with Gasteiger partial charge in [0.1, 0.15) is 19.8 Å². The van der Waals surface area contributed by atoms with Crippen LogP contribution >= 0.6 is 7.82 Å². The molecule has 10 heteroatoms. The molecule has 0 aromatic carbocycles. The van der Waals surface area contributed by atoms with Crippen LogP contribution in [0.4, 0.5) is 0 Å². The van der Waals surface area contributed by atoms with Gasteiger partial charge in [-0.15, -0.1) is 0 Å². The van der Waals surface area contributed by atoms with Crippen molar-refractivity contribution in [1.82, 2.24) is 0 Å². The number of carbonyl (C=O) groups excluding carboxylic acids is 2. The summed E-state index contributed by atoms with van der Waals surface area (Å²) in [5.74, 6) is -0.779. The van der Waals surface area contributed by atoms with Gasteiger partial charge in [-0.3, -0.25) is 18.6 Å². The van der Waals surface area contributed by atoms with E-state index in [2.05, 4.69) is 111 Å². The van der Waals surface area contributed by atoms with Gasteiger partial charge in [0.05, 0.1) is 27.7 Å². The summed E-state index contributed by atoms with van der Waals surface area (Å²) in [5.41, 5.74) is 0. The number of carbonyl (C=O) groups is 2. The van der Waals surface area contributed by atoms with Crippen LogP contribution in [0.25, 0.3) is 0 Å². The third-order valence-corrected chi connectivity index (χ3v) is 19.1. The van der Waals surface area contributed by atoms with E-state index in [1.54, 1.807) is 0 Å². The van der Waals surface area contributed by atoms with Crippen molar-refractivity contribution >= 4 is 19.8 Å². The summed E-state index contributed by atoms with van der Waals surface area (Å²) in [6.45, 7) is 4.36. The molecule has 0 saturated carbocycles. The van der Waals surface area contributed by atoms with Crippen molar-refractivity contribution in [2.45, 2.75) is 392 Å². The second kappa shape index (κ2) is 76.1. The van der Waals surface area contributed by atoms with Crippen molar-refractivity contribution in [3.8, 4) is 0 Å². The van der Waals surface area contributed by atoms with E-state index in [1.807, 2.05) is 21.1 Å². The quantitative estimate of drug-likeness (QED) is 0.0211. The minimum Gasteiger partial charge on any atom is -0.462 e. The minimum absolute atomic E-state index is 0.0321. The van der Waals surface area contributed by atoms with Gasteiger partial charge >= 0.3 is 19.8 Å². The second-order valence-electron chi connectivity index (χ2n) is 28.8. The van der Waals surface area contributed by atoms with Gasteiger partial charge in [-0.05, 0) is 96.3 Å². The Labute approximate surface area is 595 Å². The van der Waals surface area contributed by atoms with E-state index in [-0.39, 0.29) is 25.6 Å². The van der Waals surface area contributed by atoms with Gasteiger partial charge in [0, 0.05) is 12.8 Å². The Kier molecular flexibility index (Phi) is 73.7. The molecule has 1 N–H and O–H groups in total. The number of hydrogen-bond donors (Lipinski definition) is 1. The Balaban J connectivity index is 3.92. The number of phosphoric ester groups is 1. The van der Waals surface area contributed by atoms with E-state index in [0.717, 1.165) is 77.0 Å². The van der Waals surface area contributed by atoms with Crippen molar-refractivity contribution in [2.24, 2.45) is 0 Å². The lowest BCUT2D eigenvalue weighted by Crippen LogP contribution is -2.37. The van der Waals surface area contributed by atoms with Gasteiger partial charge < -0.3 is 18.9 Å². The van der Waals surface area contributed by atoms with Gasteiger partial charge in [0.25, 0.3) is 0 Å². The molecule has 0 heterocycles. The summed E-state index contributed by atoms with van der Waals surface area (Å²) < 4.78 is 34.9. The first kappa shape index (κ1) is 92.9. The number of esters is 2. The van der Waals surface area contributed by atoms with Crippen LogP contribution in [0, 0.1) is 0 Å². The molecule has 0 radical (unpaired) electrons. The molecule has 0 aromatic rings. The maximum atomic E-state index is 12.9. The van der Waals surface area contributed by atoms with Crippen molar-refractivity contribution in [2.75, 3.05) is 47.5 Å². The van der Waals surface area contributed by atoms with Crippen molar-refractivity contribution in [3.05, 3.63) is 97.2 Å². The largest absolute Gasteiger partial charge is 0.472 e. The smallest absolute Gasteiger partial charge is 0.462 e. The summed E-state index contributed by atoms with van der Waals surface area (Å²) in [6, 6.07) is 0. The number of hydrogen-bond acceptors (Lipinski definition) is 7. The number of rotatable bonds is 76. The zero-order valence-corrected chi connectivity index (χ0v) is 64.7. The van der Waals surface area contributed by atoms with E-state index in [1.165, 1.54) is 276 Å². The van der Waals surface area contributed by atoms with E-state index in [4.69, 9.17) is 18.5 Å². The van der Waals surface area contributed by atoms with E-state index < -0.39 is 26.5 Å². The molecule has 0 aliphatic rings. The standard InChI is InChI=1S/C86H156NO8P/c1-6-8-10-12-14-16-18-20-22-24-26-28-30-32-34-36-38-40-41-42-43-44-45-47-49-51-53-55-57-59-61-63-65-67-69-71-73-75-77-79-86(89)95-84(83-94-96(90,91)93-81-80-87(3,4)5)82-92-85(88)78-76-74-72-70-68-66-64-62-60-58-56-54-52-50-48-46-39-37-35-33-31-29-27-25-23-21-19-17-15-13-11-9-7-2/h8,10,14,16,19-22,25-28,31-34,84H,6-7,9,11-13,15,17-18,23-24,29-30,35-83H2,1-5H3/p+1/b10-8-,16-14-,21-19-,22-20-,27-25-,28-26-,33-31-,34-32-. The Morgan fingerprint density at radius 1 is 0.333 bits per heavy atom. The first-order valence-electron chi connectivity index (χ1n) is 41.0. The van der Waals surface area contributed by atoms with Crippen LogP contribution in [0.2, 0.25) is 0 Å². The lowest BCUT2D eigenvalue weighted by atomic mass is 10.0. The number of quaternary nitrogens is 1. The molecule has 0 fully saturated rings. The molecule has 0 aliphatic heterocycles. The molecule has 0 bridgehead atoms. The van der Waals surface area contributed by atoms with Gasteiger partial charge in [-0.1, -0.05) is 374 Å². The van der Waals surface area contributed by atoms with Gasteiger partial charge in [-0.25, -0.2) is 4.57 Å². The Hall–Kier alpha value is -3.07. The Bertz CT molecular complexity index is 1940. The molecular weight excluding hydrogens is 1210 g/mol. The predicted octanol–water partition coefficient (Wildman–Crippen LogP) is 27.4. The molecular formula is C86H157NO8P+. The predicted molar refractivity (Wildman–Crippen MR) is 418 cm³/mol. The maximum absolute atomic E-state index is 12.9. The van der Waals surface area contributed by atoms with Crippen LogP contribution in [-0.4, -0.2) is 74.9 Å². The van der Waals surface area contributed by atoms with Gasteiger partial charge in [0.2, 0.25) is 0 Å². The molecule has 0 aromatic heterocycles. The van der Waals surface area contributed by atoms with Crippen LogP contribution in [0.5, 0.6) is 0 Å². The van der Waals surface area contributed by atoms with Crippen LogP contribution in [0.1, 0.15) is 386 Å². The lowest BCUT2D eigenvalue weighted by molar-refractivity contribution is -0.870. The molecule has 2 atom stereocenters. The summed E-state index contributed by atoms with van der Waals surface area (Å²) >= 11 is 0. The molecule has 96 heavy (non-hydrogen) atoms. The molecule has 0 amide bonds. The number of ether oxygens (including phenoxy) is 2. The molecule has 0 saturated heterocycles. The third-order valence-electron chi connectivity index (χ3n) is 18.1. The molecule has 0 rings (SSSR count). The lowest BCUT2D eigenvalue weighted by Gasteiger charge is -2.24. The highest BCUT2D eigenvalue weighted by molar-refractivity contribution is 7.47. The third kappa shape index (κ3) is 79.9. The van der Waals surface area contributed by atoms with Crippen LogP contribution in [0.15, 0.2) is 97.2 Å². The summed E-state index contributed by atoms with van der Waals surface area (Å²) in [5, 5.41) is 0. The summed E-state index contributed by atoms with van der Waals surface area (Å²) in [6.07, 6.45) is 107. The monoisotopic (exact) mass is 1360 g/mol. The SMILES string of the molecule is CC/C=C\C/C=C\C/C=C\C/C=C\C/C=C\CCCCCCCCCCCCCCCCCCCCCCCCCC(=O)OC(COC(=O)CCCCCCCCCCCCCCCCCCCC/C=C\C/C=C\C/C=C\CCCCCCC)COP(=O)(O)OCC[N+](C)(C)C. The Morgan fingerprint density at radius 2 is 0.594 bits per heavy atom. The fraction of sp³-hybridized carbons (Fsp3) is 0.791. The summed E-state index contributed by atoms with van der Waals surface area (Å²) in [7, 11) is 1.49. The number of nitrogens with zero attached hydrogens (tertiary/aromatic N) is 1. The zero-order valence-electron chi connectivity index (χ0n) is 63.9. The highest BCUT2D eigenvalue weighted by Gasteiger charge is 2.27. The van der Waals surface area contributed by atoms with Crippen molar-refractivity contribution < 1.29 is 42.1 Å². The minimum atomic E-state index is -4.40. The highest BCUT2D eigenvalue weighted by Crippen LogP contribution is 2.43. The van der Waals surface area contributed by atoms with E-state index in [0.29, 0.717) is 23.9 Å². The molecule has 2 unspecified atom stereocenters. The van der Waals surface area contributed by atoms with Crippen molar-refractivity contribution in [1.29, 1.82) is 0 Å². The maximum Gasteiger partial charge on any atom is 0.472 e. The first-order chi connectivity index (χ1) is 47.0. The number of phosphoric acid groups is 1. The molecule has 0 aliphatic carbocycles. The average molecular weight is 1360 g/mol. The second-order valence-corrected chi connectivity index (χ2v) is 30.2. The molecule has 558 valence electrons. The number of unbranched alkanes of at least 4 members (excludes halogenated alkanes) is 46. The Morgan fingerprint density at radius 3 is 0.885 bits per heavy atom. The normalized spacial score (nSPS) is 13.5. The average Bonchev–Trinajstić information content (AvgIpc) is 1.98.